The van der Waals surface area contributed by atoms with E-state index in [2.05, 4.69) is 0 Å². The van der Waals surface area contributed by atoms with Crippen LogP contribution < -0.4 is 9.47 Å². The van der Waals surface area contributed by atoms with E-state index in [1.54, 1.807) is 24.3 Å². The van der Waals surface area contributed by atoms with E-state index < -0.39 is 0 Å². The second-order valence-corrected chi connectivity index (χ2v) is 8.20. The number of fused-ring (bicyclic) bond motifs is 1. The number of imide groups is 1. The van der Waals surface area contributed by atoms with Gasteiger partial charge >= 0.3 is 0 Å². The Morgan fingerprint density at radius 3 is 2.65 bits per heavy atom. The Morgan fingerprint density at radius 2 is 1.81 bits per heavy atom. The minimum absolute atomic E-state index is 0.166. The number of thioether (sulfide) groups is 1. The molecule has 0 spiro atoms. The van der Waals surface area contributed by atoms with Crippen LogP contribution in [0.4, 0.5) is 4.79 Å². The van der Waals surface area contributed by atoms with Gasteiger partial charge in [-0.3, -0.25) is 14.5 Å². The molecule has 0 atom stereocenters. The standard InChI is InChI=1S/C24H20ClNO4S/c1-2-29-20-11-10-18(25)14-17(20)15-22-23(27)26(24(28)31-22)12-13-30-21-9-5-7-16-6-3-4-8-19(16)21/h3-11,14-15H,2,12-13H2,1H3/b22-15-. The van der Waals surface area contributed by atoms with Crippen molar-refractivity contribution >= 4 is 51.4 Å². The number of carbonyl (C=O) groups is 2. The predicted octanol–water partition coefficient (Wildman–Crippen LogP) is 6.01. The third-order valence-corrected chi connectivity index (χ3v) is 5.90. The van der Waals surface area contributed by atoms with Crippen LogP contribution in [-0.2, 0) is 4.79 Å². The summed E-state index contributed by atoms with van der Waals surface area (Å²) >= 11 is 7.00. The van der Waals surface area contributed by atoms with E-state index in [4.69, 9.17) is 21.1 Å². The molecule has 1 heterocycles. The minimum atomic E-state index is -0.348. The Morgan fingerprint density at radius 1 is 1.00 bits per heavy atom. The summed E-state index contributed by atoms with van der Waals surface area (Å²) in [6.07, 6.45) is 1.65. The summed E-state index contributed by atoms with van der Waals surface area (Å²) in [6, 6.07) is 18.9. The lowest BCUT2D eigenvalue weighted by Gasteiger charge is -2.14. The molecule has 4 rings (SSSR count). The first-order valence-electron chi connectivity index (χ1n) is 9.85. The molecule has 158 valence electrons. The van der Waals surface area contributed by atoms with Crippen LogP contribution in [0.3, 0.4) is 0 Å². The quantitative estimate of drug-likeness (QED) is 0.410. The molecule has 1 aliphatic heterocycles. The average Bonchev–Trinajstić information content (AvgIpc) is 3.03. The van der Waals surface area contributed by atoms with Gasteiger partial charge in [0.05, 0.1) is 18.1 Å². The molecule has 3 aromatic carbocycles. The van der Waals surface area contributed by atoms with Crippen LogP contribution >= 0.6 is 23.4 Å². The van der Waals surface area contributed by atoms with Gasteiger partial charge in [0, 0.05) is 16.0 Å². The lowest BCUT2D eigenvalue weighted by molar-refractivity contribution is -0.123. The molecule has 0 N–H and O–H groups in total. The summed E-state index contributed by atoms with van der Waals surface area (Å²) in [6.45, 7) is 2.73. The average molecular weight is 454 g/mol. The van der Waals surface area contributed by atoms with E-state index in [0.29, 0.717) is 27.8 Å². The molecule has 0 saturated carbocycles. The van der Waals surface area contributed by atoms with Gasteiger partial charge in [0.2, 0.25) is 0 Å². The Bertz CT molecular complexity index is 1170. The van der Waals surface area contributed by atoms with E-state index in [-0.39, 0.29) is 24.3 Å². The number of carbonyl (C=O) groups excluding carboxylic acids is 2. The van der Waals surface area contributed by atoms with E-state index in [9.17, 15) is 9.59 Å². The summed E-state index contributed by atoms with van der Waals surface area (Å²) < 4.78 is 11.5. The molecule has 2 amide bonds. The molecule has 7 heteroatoms. The topological polar surface area (TPSA) is 55.8 Å². The fourth-order valence-corrected chi connectivity index (χ4v) is 4.36. The van der Waals surface area contributed by atoms with Crippen molar-refractivity contribution in [2.75, 3.05) is 19.8 Å². The summed E-state index contributed by atoms with van der Waals surface area (Å²) in [5.74, 6) is 0.984. The van der Waals surface area contributed by atoms with Crippen molar-refractivity contribution in [3.63, 3.8) is 0 Å². The number of ether oxygens (including phenoxy) is 2. The third-order valence-electron chi connectivity index (χ3n) is 4.75. The Kier molecular flexibility index (Phi) is 6.49. The number of hydrogen-bond donors (Lipinski definition) is 0. The van der Waals surface area contributed by atoms with Gasteiger partial charge in [-0.15, -0.1) is 0 Å². The number of nitrogens with zero attached hydrogens (tertiary/aromatic N) is 1. The highest BCUT2D eigenvalue weighted by molar-refractivity contribution is 8.18. The molecule has 0 bridgehead atoms. The van der Waals surface area contributed by atoms with Crippen molar-refractivity contribution in [3.05, 3.63) is 76.2 Å². The van der Waals surface area contributed by atoms with Gasteiger partial charge < -0.3 is 9.47 Å². The summed E-state index contributed by atoms with van der Waals surface area (Å²) in [4.78, 5) is 26.8. The SMILES string of the molecule is CCOc1ccc(Cl)cc1/C=C1\SC(=O)N(CCOc2cccc3ccccc23)C1=O. The molecule has 0 unspecified atom stereocenters. The van der Waals surface area contributed by atoms with Crippen LogP contribution in [0, 0.1) is 0 Å². The molecule has 1 aliphatic rings. The maximum absolute atomic E-state index is 12.8. The van der Waals surface area contributed by atoms with Crippen LogP contribution in [0.25, 0.3) is 16.8 Å². The van der Waals surface area contributed by atoms with Gasteiger partial charge in [-0.25, -0.2) is 0 Å². The Balaban J connectivity index is 1.46. The second-order valence-electron chi connectivity index (χ2n) is 6.77. The minimum Gasteiger partial charge on any atom is -0.493 e. The highest BCUT2D eigenvalue weighted by atomic mass is 35.5. The molecular formula is C24H20ClNO4S. The van der Waals surface area contributed by atoms with E-state index in [1.807, 2.05) is 49.4 Å². The van der Waals surface area contributed by atoms with E-state index in [0.717, 1.165) is 28.3 Å². The van der Waals surface area contributed by atoms with E-state index >= 15 is 0 Å². The van der Waals surface area contributed by atoms with Gasteiger partial charge in [-0.05, 0) is 54.4 Å². The number of benzene rings is 3. The predicted molar refractivity (Wildman–Crippen MR) is 125 cm³/mol. The van der Waals surface area contributed by atoms with Gasteiger partial charge in [0.1, 0.15) is 18.1 Å². The molecule has 0 aliphatic carbocycles. The monoisotopic (exact) mass is 453 g/mol. The van der Waals surface area contributed by atoms with Crippen molar-refractivity contribution in [3.8, 4) is 11.5 Å². The summed E-state index contributed by atoms with van der Waals surface area (Å²) in [5, 5.41) is 2.26. The zero-order valence-electron chi connectivity index (χ0n) is 16.8. The molecular weight excluding hydrogens is 434 g/mol. The van der Waals surface area contributed by atoms with Gasteiger partial charge in [0.25, 0.3) is 11.1 Å². The van der Waals surface area contributed by atoms with Crippen molar-refractivity contribution in [1.29, 1.82) is 0 Å². The normalized spacial score (nSPS) is 15.2. The molecule has 1 saturated heterocycles. The number of halogens is 1. The largest absolute Gasteiger partial charge is 0.493 e. The molecule has 31 heavy (non-hydrogen) atoms. The fraction of sp³-hybridized carbons (Fsp3) is 0.167. The number of hydrogen-bond acceptors (Lipinski definition) is 5. The van der Waals surface area contributed by atoms with Gasteiger partial charge in [-0.1, -0.05) is 48.0 Å². The first kappa shape index (κ1) is 21.3. The van der Waals surface area contributed by atoms with E-state index in [1.165, 1.54) is 4.90 Å². The maximum Gasteiger partial charge on any atom is 0.293 e. The zero-order chi connectivity index (χ0) is 21.8. The van der Waals surface area contributed by atoms with Crippen molar-refractivity contribution in [1.82, 2.24) is 4.90 Å². The van der Waals surface area contributed by atoms with Crippen LogP contribution in [0.15, 0.2) is 65.6 Å². The summed E-state index contributed by atoms with van der Waals surface area (Å²) in [7, 11) is 0. The second kappa shape index (κ2) is 9.45. The van der Waals surface area contributed by atoms with Crippen LogP contribution in [0.5, 0.6) is 11.5 Å². The zero-order valence-corrected chi connectivity index (χ0v) is 18.4. The highest BCUT2D eigenvalue weighted by Gasteiger charge is 2.35. The molecule has 3 aromatic rings. The van der Waals surface area contributed by atoms with Crippen molar-refractivity contribution in [2.45, 2.75) is 6.92 Å². The smallest absolute Gasteiger partial charge is 0.293 e. The Labute approximate surface area is 189 Å². The first-order chi connectivity index (χ1) is 15.1. The van der Waals surface area contributed by atoms with Crippen LogP contribution in [0.1, 0.15) is 12.5 Å². The van der Waals surface area contributed by atoms with Crippen molar-refractivity contribution in [2.24, 2.45) is 0 Å². The lowest BCUT2D eigenvalue weighted by atomic mass is 10.1. The third kappa shape index (κ3) is 4.70. The molecule has 1 fully saturated rings. The Hall–Kier alpha value is -2.96. The van der Waals surface area contributed by atoms with Crippen molar-refractivity contribution < 1.29 is 19.1 Å². The maximum atomic E-state index is 12.8. The first-order valence-corrected chi connectivity index (χ1v) is 11.0. The summed E-state index contributed by atoms with van der Waals surface area (Å²) in [5.41, 5.74) is 0.659. The molecule has 0 radical (unpaired) electrons. The molecule has 0 aromatic heterocycles. The molecule has 5 nitrogen and oxygen atoms in total. The van der Waals surface area contributed by atoms with Crippen LogP contribution in [0.2, 0.25) is 5.02 Å². The van der Waals surface area contributed by atoms with Gasteiger partial charge in [-0.2, -0.15) is 0 Å². The number of rotatable bonds is 7. The highest BCUT2D eigenvalue weighted by Crippen LogP contribution is 2.35. The lowest BCUT2D eigenvalue weighted by Crippen LogP contribution is -2.32. The fourth-order valence-electron chi connectivity index (χ4n) is 3.32. The van der Waals surface area contributed by atoms with Gasteiger partial charge in [0.15, 0.2) is 0 Å². The number of amides is 2. The van der Waals surface area contributed by atoms with Crippen LogP contribution in [-0.4, -0.2) is 35.8 Å².